The zero-order valence-electron chi connectivity index (χ0n) is 10.3. The maximum absolute atomic E-state index is 11.8. The van der Waals surface area contributed by atoms with E-state index in [1.165, 1.54) is 0 Å². The molecule has 6 heteroatoms. The molecule has 0 aliphatic carbocycles. The van der Waals surface area contributed by atoms with Crippen LogP contribution in [0.4, 0.5) is 5.95 Å². The lowest BCUT2D eigenvalue weighted by molar-refractivity contribution is 0.102. The van der Waals surface area contributed by atoms with Crippen LogP contribution in [0.1, 0.15) is 30.2 Å². The maximum Gasteiger partial charge on any atom is 0.276 e. The summed E-state index contributed by atoms with van der Waals surface area (Å²) in [6.45, 7) is 4.18. The van der Waals surface area contributed by atoms with Crippen LogP contribution in [0.5, 0.6) is 0 Å². The fraction of sp³-hybridized carbons (Fsp3) is 0.333. The number of nitrogens with zero attached hydrogens (tertiary/aromatic N) is 3. The molecule has 0 saturated carbocycles. The Labute approximate surface area is 105 Å². The van der Waals surface area contributed by atoms with E-state index in [2.05, 4.69) is 39.3 Å². The molecule has 0 atom stereocenters. The number of pyridine rings is 1. The number of H-pyrrole nitrogens is 1. The van der Waals surface area contributed by atoms with E-state index in [1.807, 2.05) is 0 Å². The van der Waals surface area contributed by atoms with E-state index >= 15 is 0 Å². The lowest BCUT2D eigenvalue weighted by atomic mass is 10.1. The molecule has 0 aliphatic rings. The van der Waals surface area contributed by atoms with Gasteiger partial charge in [0.1, 0.15) is 11.5 Å². The summed E-state index contributed by atoms with van der Waals surface area (Å²) in [7, 11) is 0. The Morgan fingerprint density at radius 2 is 2.28 bits per heavy atom. The normalized spacial score (nSPS) is 10.6. The average molecular weight is 245 g/mol. The number of hydrogen-bond acceptors (Lipinski definition) is 4. The molecule has 0 saturated heterocycles. The third-order valence-electron chi connectivity index (χ3n) is 2.26. The second-order valence-corrected chi connectivity index (χ2v) is 4.37. The van der Waals surface area contributed by atoms with Gasteiger partial charge in [0.2, 0.25) is 5.95 Å². The van der Waals surface area contributed by atoms with Gasteiger partial charge >= 0.3 is 0 Å². The minimum Gasteiger partial charge on any atom is -0.288 e. The Kier molecular flexibility index (Phi) is 3.66. The highest BCUT2D eigenvalue weighted by Gasteiger charge is 2.10. The van der Waals surface area contributed by atoms with Gasteiger partial charge < -0.3 is 0 Å². The van der Waals surface area contributed by atoms with Crippen LogP contribution in [0.25, 0.3) is 0 Å². The summed E-state index contributed by atoms with van der Waals surface area (Å²) >= 11 is 0. The topological polar surface area (TPSA) is 83.6 Å². The van der Waals surface area contributed by atoms with Gasteiger partial charge in [-0.25, -0.2) is 0 Å². The number of nitrogens with one attached hydrogen (secondary N) is 2. The van der Waals surface area contributed by atoms with Crippen molar-refractivity contribution < 1.29 is 4.79 Å². The molecule has 2 N–H and O–H groups in total. The fourth-order valence-corrected chi connectivity index (χ4v) is 1.49. The maximum atomic E-state index is 11.8. The first-order valence-electron chi connectivity index (χ1n) is 5.79. The van der Waals surface area contributed by atoms with Crippen molar-refractivity contribution in [1.82, 2.24) is 20.2 Å². The molecule has 0 bridgehead atoms. The van der Waals surface area contributed by atoms with Gasteiger partial charge in [-0.1, -0.05) is 19.9 Å². The number of anilines is 1. The largest absolute Gasteiger partial charge is 0.288 e. The Balaban J connectivity index is 2.01. The third kappa shape index (κ3) is 3.13. The molecule has 1 amide bonds. The smallest absolute Gasteiger partial charge is 0.276 e. The van der Waals surface area contributed by atoms with Crippen LogP contribution >= 0.6 is 0 Å². The number of rotatable bonds is 4. The number of hydrogen-bond donors (Lipinski definition) is 2. The zero-order valence-corrected chi connectivity index (χ0v) is 10.3. The van der Waals surface area contributed by atoms with E-state index in [1.54, 1.807) is 24.4 Å². The second-order valence-electron chi connectivity index (χ2n) is 4.37. The second kappa shape index (κ2) is 5.39. The first kappa shape index (κ1) is 12.2. The molecule has 0 fully saturated rings. The molecule has 2 heterocycles. The third-order valence-corrected chi connectivity index (χ3v) is 2.26. The summed E-state index contributed by atoms with van der Waals surface area (Å²) in [5, 5.41) is 9.33. The van der Waals surface area contributed by atoms with Crippen molar-refractivity contribution in [3.05, 3.63) is 35.9 Å². The summed E-state index contributed by atoms with van der Waals surface area (Å²) in [6, 6.07) is 5.14. The average Bonchev–Trinajstić information content (AvgIpc) is 2.76. The van der Waals surface area contributed by atoms with E-state index < -0.39 is 0 Å². The molecule has 2 aromatic heterocycles. The number of amides is 1. The molecular weight excluding hydrogens is 230 g/mol. The number of carbonyl (C=O) groups is 1. The highest BCUT2D eigenvalue weighted by Crippen LogP contribution is 2.06. The number of aromatic nitrogens is 4. The van der Waals surface area contributed by atoms with Crippen LogP contribution in [0.15, 0.2) is 24.4 Å². The summed E-state index contributed by atoms with van der Waals surface area (Å²) < 4.78 is 0. The Morgan fingerprint density at radius 1 is 1.44 bits per heavy atom. The van der Waals surface area contributed by atoms with E-state index in [4.69, 9.17) is 0 Å². The lowest BCUT2D eigenvalue weighted by Gasteiger charge is -1.99. The summed E-state index contributed by atoms with van der Waals surface area (Å²) in [5.41, 5.74) is 0.340. The zero-order chi connectivity index (χ0) is 13.0. The van der Waals surface area contributed by atoms with Crippen molar-refractivity contribution >= 4 is 11.9 Å². The van der Waals surface area contributed by atoms with Crippen LogP contribution in [0.3, 0.4) is 0 Å². The fourth-order valence-electron chi connectivity index (χ4n) is 1.49. The molecule has 2 rings (SSSR count). The van der Waals surface area contributed by atoms with Crippen molar-refractivity contribution in [3.63, 3.8) is 0 Å². The van der Waals surface area contributed by atoms with E-state index in [0.717, 1.165) is 12.2 Å². The molecule has 94 valence electrons. The molecule has 2 aromatic rings. The summed E-state index contributed by atoms with van der Waals surface area (Å²) in [4.78, 5) is 19.9. The molecular formula is C12H15N5O. The standard InChI is InChI=1S/C12H15N5O/c1-8(2)7-10-14-12(17-16-10)15-11(18)9-5-3-4-6-13-9/h3-6,8H,7H2,1-2H3,(H2,14,15,16,17,18). The number of carbonyl (C=O) groups excluding carboxylic acids is 1. The first-order chi connectivity index (χ1) is 8.65. The number of aromatic amines is 1. The van der Waals surface area contributed by atoms with Gasteiger partial charge in [-0.2, -0.15) is 4.98 Å². The molecule has 0 radical (unpaired) electrons. The highest BCUT2D eigenvalue weighted by molar-refractivity contribution is 6.01. The monoisotopic (exact) mass is 245 g/mol. The first-order valence-corrected chi connectivity index (χ1v) is 5.79. The van der Waals surface area contributed by atoms with Crippen molar-refractivity contribution in [2.75, 3.05) is 5.32 Å². The van der Waals surface area contributed by atoms with E-state index in [9.17, 15) is 4.79 Å². The van der Waals surface area contributed by atoms with E-state index in [-0.39, 0.29) is 11.9 Å². The van der Waals surface area contributed by atoms with Gasteiger partial charge in [0.25, 0.3) is 5.91 Å². The summed E-state index contributed by atoms with van der Waals surface area (Å²) in [6.07, 6.45) is 2.36. The van der Waals surface area contributed by atoms with Gasteiger partial charge in [0, 0.05) is 12.6 Å². The molecule has 0 spiro atoms. The predicted octanol–water partition coefficient (Wildman–Crippen LogP) is 1.65. The Hall–Kier alpha value is -2.24. The molecule has 0 aliphatic heterocycles. The van der Waals surface area contributed by atoms with Crippen molar-refractivity contribution in [1.29, 1.82) is 0 Å². The van der Waals surface area contributed by atoms with Gasteiger partial charge in [-0.3, -0.25) is 20.2 Å². The van der Waals surface area contributed by atoms with Crippen LogP contribution in [0, 0.1) is 5.92 Å². The van der Waals surface area contributed by atoms with Crippen LogP contribution in [-0.2, 0) is 6.42 Å². The van der Waals surface area contributed by atoms with Crippen molar-refractivity contribution in [2.45, 2.75) is 20.3 Å². The Morgan fingerprint density at radius 3 is 2.94 bits per heavy atom. The van der Waals surface area contributed by atoms with Gasteiger partial charge in [-0.05, 0) is 18.1 Å². The minimum absolute atomic E-state index is 0.279. The lowest BCUT2D eigenvalue weighted by Crippen LogP contribution is -2.14. The van der Waals surface area contributed by atoms with Crippen LogP contribution < -0.4 is 5.32 Å². The van der Waals surface area contributed by atoms with Gasteiger partial charge in [-0.15, -0.1) is 5.10 Å². The van der Waals surface area contributed by atoms with Crippen molar-refractivity contribution in [3.8, 4) is 0 Å². The quantitative estimate of drug-likeness (QED) is 0.857. The van der Waals surface area contributed by atoms with Gasteiger partial charge in [0.05, 0.1) is 0 Å². The minimum atomic E-state index is -0.314. The highest BCUT2D eigenvalue weighted by atomic mass is 16.2. The molecule has 0 unspecified atom stereocenters. The van der Waals surface area contributed by atoms with Crippen molar-refractivity contribution in [2.24, 2.45) is 5.92 Å². The molecule has 0 aromatic carbocycles. The van der Waals surface area contributed by atoms with Crippen LogP contribution in [-0.4, -0.2) is 26.1 Å². The van der Waals surface area contributed by atoms with E-state index in [0.29, 0.717) is 11.6 Å². The van der Waals surface area contributed by atoms with Gasteiger partial charge in [0.15, 0.2) is 0 Å². The predicted molar refractivity (Wildman–Crippen MR) is 67.1 cm³/mol. The Bertz CT molecular complexity index is 520. The molecule has 6 nitrogen and oxygen atoms in total. The SMILES string of the molecule is CC(C)Cc1nc(NC(=O)c2ccccn2)n[nH]1. The molecule has 18 heavy (non-hydrogen) atoms. The summed E-state index contributed by atoms with van der Waals surface area (Å²) in [5.74, 6) is 1.21. The van der Waals surface area contributed by atoms with Crippen LogP contribution in [0.2, 0.25) is 0 Å².